The predicted molar refractivity (Wildman–Crippen MR) is 70.7 cm³/mol. The predicted octanol–water partition coefficient (Wildman–Crippen LogP) is -0.115. The minimum atomic E-state index is -0.442. The summed E-state index contributed by atoms with van der Waals surface area (Å²) in [7, 11) is 1.51. The maximum Gasteiger partial charge on any atom is 0.246 e. The average molecular weight is 273 g/mol. The molecule has 1 fully saturated rings. The molecule has 1 aliphatic heterocycles. The number of fused-ring (bicyclic) bond motifs is 1. The number of carbonyl (C=O) groups excluding carboxylic acids is 2. The van der Waals surface area contributed by atoms with E-state index in [1.165, 1.54) is 7.05 Å². The molecular formula is C13H15N5O2. The fourth-order valence-corrected chi connectivity index (χ4v) is 2.28. The molecule has 7 nitrogen and oxygen atoms in total. The van der Waals surface area contributed by atoms with Crippen LogP contribution in [-0.4, -0.2) is 44.4 Å². The highest BCUT2D eigenvalue weighted by Crippen LogP contribution is 2.11. The summed E-state index contributed by atoms with van der Waals surface area (Å²) in [6.45, 7) is 2.38. The minimum Gasteiger partial charge on any atom is -0.301 e. The van der Waals surface area contributed by atoms with Gasteiger partial charge in [0.1, 0.15) is 0 Å². The number of hydrogen-bond donors (Lipinski definition) is 1. The molecule has 1 N–H and O–H groups in total. The summed E-state index contributed by atoms with van der Waals surface area (Å²) in [5, 5.41) is 7.38. The number of likely N-dealkylation sites (N-methyl/N-ethyl adjacent to an activating group) is 1. The van der Waals surface area contributed by atoms with Gasteiger partial charge in [-0.05, 0) is 6.92 Å². The number of aryl methyl sites for hydroxylation is 1. The zero-order valence-corrected chi connectivity index (χ0v) is 11.3. The van der Waals surface area contributed by atoms with Crippen molar-refractivity contribution in [1.82, 2.24) is 24.8 Å². The van der Waals surface area contributed by atoms with Gasteiger partial charge in [-0.2, -0.15) is 5.10 Å². The van der Waals surface area contributed by atoms with E-state index in [2.05, 4.69) is 15.4 Å². The molecule has 7 heteroatoms. The topological polar surface area (TPSA) is 79.6 Å². The molecule has 0 bridgehead atoms. The highest BCUT2D eigenvalue weighted by molar-refractivity contribution is 6.05. The Morgan fingerprint density at radius 3 is 2.95 bits per heavy atom. The second-order valence-corrected chi connectivity index (χ2v) is 4.98. The third-order valence-corrected chi connectivity index (χ3v) is 3.42. The Morgan fingerprint density at radius 2 is 2.25 bits per heavy atom. The molecule has 0 saturated carbocycles. The van der Waals surface area contributed by atoms with E-state index in [1.54, 1.807) is 10.7 Å². The maximum absolute atomic E-state index is 11.8. The first-order valence-electron chi connectivity index (χ1n) is 6.39. The third kappa shape index (κ3) is 2.16. The van der Waals surface area contributed by atoms with Crippen molar-refractivity contribution in [2.75, 3.05) is 7.05 Å². The smallest absolute Gasteiger partial charge is 0.246 e. The fraction of sp³-hybridized carbons (Fsp3) is 0.385. The zero-order valence-electron chi connectivity index (χ0n) is 11.3. The summed E-state index contributed by atoms with van der Waals surface area (Å²) in [6, 6.07) is 1.45. The van der Waals surface area contributed by atoms with Gasteiger partial charge in [-0.25, -0.2) is 9.50 Å². The van der Waals surface area contributed by atoms with Crippen LogP contribution < -0.4 is 5.32 Å². The second kappa shape index (κ2) is 4.68. The molecule has 2 aromatic heterocycles. The summed E-state index contributed by atoms with van der Waals surface area (Å²) in [6.07, 6.45) is 3.83. The molecule has 1 saturated heterocycles. The summed E-state index contributed by atoms with van der Waals surface area (Å²) in [5.41, 5.74) is 2.61. The van der Waals surface area contributed by atoms with Gasteiger partial charge in [0, 0.05) is 37.6 Å². The Morgan fingerprint density at radius 1 is 1.45 bits per heavy atom. The molecule has 1 aliphatic rings. The van der Waals surface area contributed by atoms with Crippen molar-refractivity contribution < 1.29 is 9.59 Å². The number of imide groups is 1. The summed E-state index contributed by atoms with van der Waals surface area (Å²) < 4.78 is 1.71. The Hall–Kier alpha value is -2.28. The van der Waals surface area contributed by atoms with Crippen LogP contribution in [0.25, 0.3) is 5.65 Å². The summed E-state index contributed by atoms with van der Waals surface area (Å²) >= 11 is 0. The van der Waals surface area contributed by atoms with E-state index in [0.29, 0.717) is 6.54 Å². The van der Waals surface area contributed by atoms with Gasteiger partial charge in [0.25, 0.3) is 0 Å². The number of hydrogen-bond acceptors (Lipinski definition) is 5. The standard InChI is InChI=1S/C13H15N5O2/c1-8-3-11-15-6-9(7-18(11)16-8)5-14-10-4-12(19)17(2)13(10)20/h3,6-7,10,14H,4-5H2,1-2H3. The van der Waals surface area contributed by atoms with Crippen LogP contribution in [0.5, 0.6) is 0 Å². The monoisotopic (exact) mass is 273 g/mol. The van der Waals surface area contributed by atoms with Crippen LogP contribution in [0, 0.1) is 6.92 Å². The van der Waals surface area contributed by atoms with Gasteiger partial charge in [-0.15, -0.1) is 0 Å². The summed E-state index contributed by atoms with van der Waals surface area (Å²) in [5.74, 6) is -0.331. The number of nitrogens with zero attached hydrogens (tertiary/aromatic N) is 4. The molecule has 0 radical (unpaired) electrons. The third-order valence-electron chi connectivity index (χ3n) is 3.42. The van der Waals surface area contributed by atoms with Crippen molar-refractivity contribution in [2.24, 2.45) is 0 Å². The van der Waals surface area contributed by atoms with Crippen LogP contribution in [0.1, 0.15) is 17.7 Å². The van der Waals surface area contributed by atoms with Crippen molar-refractivity contribution in [2.45, 2.75) is 25.9 Å². The molecule has 1 atom stereocenters. The lowest BCUT2D eigenvalue weighted by Gasteiger charge is -2.10. The van der Waals surface area contributed by atoms with E-state index in [0.717, 1.165) is 21.8 Å². The molecule has 0 spiro atoms. The highest BCUT2D eigenvalue weighted by atomic mass is 16.2. The second-order valence-electron chi connectivity index (χ2n) is 4.98. The molecule has 3 heterocycles. The SMILES string of the molecule is Cc1cc2ncc(CNC3CC(=O)N(C)C3=O)cn2n1. The molecule has 1 unspecified atom stereocenters. The van der Waals surface area contributed by atoms with Crippen molar-refractivity contribution in [3.8, 4) is 0 Å². The Labute approximate surface area is 115 Å². The largest absolute Gasteiger partial charge is 0.301 e. The molecule has 20 heavy (non-hydrogen) atoms. The summed E-state index contributed by atoms with van der Waals surface area (Å²) in [4.78, 5) is 28.6. The van der Waals surface area contributed by atoms with Crippen LogP contribution in [-0.2, 0) is 16.1 Å². The molecule has 2 aromatic rings. The molecule has 3 rings (SSSR count). The van der Waals surface area contributed by atoms with E-state index in [-0.39, 0.29) is 18.2 Å². The van der Waals surface area contributed by atoms with E-state index in [4.69, 9.17) is 0 Å². The van der Waals surface area contributed by atoms with Crippen molar-refractivity contribution in [3.63, 3.8) is 0 Å². The van der Waals surface area contributed by atoms with Gasteiger partial charge in [0.15, 0.2) is 5.65 Å². The lowest BCUT2D eigenvalue weighted by Crippen LogP contribution is -2.36. The van der Waals surface area contributed by atoms with Crippen molar-refractivity contribution in [1.29, 1.82) is 0 Å². The zero-order chi connectivity index (χ0) is 14.3. The Kier molecular flexibility index (Phi) is 2.98. The molecule has 0 aromatic carbocycles. The van der Waals surface area contributed by atoms with Gasteiger partial charge in [-0.1, -0.05) is 0 Å². The lowest BCUT2D eigenvalue weighted by molar-refractivity contribution is -0.137. The van der Waals surface area contributed by atoms with E-state index in [1.807, 2.05) is 19.2 Å². The Balaban J connectivity index is 1.71. The van der Waals surface area contributed by atoms with Crippen molar-refractivity contribution in [3.05, 3.63) is 29.7 Å². The number of likely N-dealkylation sites (tertiary alicyclic amines) is 1. The van der Waals surface area contributed by atoms with Crippen LogP contribution in [0.2, 0.25) is 0 Å². The van der Waals surface area contributed by atoms with Crippen LogP contribution in [0.3, 0.4) is 0 Å². The molecule has 2 amide bonds. The number of amides is 2. The Bertz CT molecular complexity index is 693. The van der Waals surface area contributed by atoms with Gasteiger partial charge < -0.3 is 5.32 Å². The maximum atomic E-state index is 11.8. The van der Waals surface area contributed by atoms with Gasteiger partial charge in [0.2, 0.25) is 11.8 Å². The van der Waals surface area contributed by atoms with Crippen LogP contribution in [0.15, 0.2) is 18.5 Å². The quantitative estimate of drug-likeness (QED) is 0.789. The number of aromatic nitrogens is 3. The minimum absolute atomic E-state index is 0.149. The van der Waals surface area contributed by atoms with Gasteiger partial charge >= 0.3 is 0 Å². The van der Waals surface area contributed by atoms with E-state index < -0.39 is 6.04 Å². The number of carbonyl (C=O) groups is 2. The first kappa shape index (κ1) is 12.7. The fourth-order valence-electron chi connectivity index (χ4n) is 2.28. The van der Waals surface area contributed by atoms with Gasteiger partial charge in [-0.3, -0.25) is 14.5 Å². The molecular weight excluding hydrogens is 258 g/mol. The van der Waals surface area contributed by atoms with Gasteiger partial charge in [0.05, 0.1) is 18.2 Å². The molecule has 0 aliphatic carbocycles. The van der Waals surface area contributed by atoms with Crippen LogP contribution in [0.4, 0.5) is 0 Å². The van der Waals surface area contributed by atoms with Crippen LogP contribution >= 0.6 is 0 Å². The normalized spacial score (nSPS) is 19.3. The lowest BCUT2D eigenvalue weighted by atomic mass is 10.2. The first-order chi connectivity index (χ1) is 9.54. The average Bonchev–Trinajstić information content (AvgIpc) is 2.90. The van der Waals surface area contributed by atoms with E-state index in [9.17, 15) is 9.59 Å². The number of nitrogens with one attached hydrogen (secondary N) is 1. The molecule has 104 valence electrons. The van der Waals surface area contributed by atoms with E-state index >= 15 is 0 Å². The van der Waals surface area contributed by atoms with Crippen molar-refractivity contribution >= 4 is 17.5 Å². The first-order valence-corrected chi connectivity index (χ1v) is 6.39. The highest BCUT2D eigenvalue weighted by Gasteiger charge is 2.35. The number of rotatable bonds is 3.